The summed E-state index contributed by atoms with van der Waals surface area (Å²) in [6.07, 6.45) is -4.40. The second-order valence-corrected chi connectivity index (χ2v) is 7.67. The van der Waals surface area contributed by atoms with Gasteiger partial charge in [-0.1, -0.05) is 36.0 Å². The first-order valence-electron chi connectivity index (χ1n) is 8.72. The summed E-state index contributed by atoms with van der Waals surface area (Å²) in [7, 11) is 0. The van der Waals surface area contributed by atoms with Crippen molar-refractivity contribution in [3.63, 3.8) is 0 Å². The number of carbonyl (C=O) groups is 1. The largest absolute Gasteiger partial charge is 0.416 e. The van der Waals surface area contributed by atoms with E-state index >= 15 is 0 Å². The first-order chi connectivity index (χ1) is 14.1. The number of amides is 1. The Kier molecular flexibility index (Phi) is 6.30. The molecule has 3 aromatic rings. The van der Waals surface area contributed by atoms with Crippen molar-refractivity contribution in [3.8, 4) is 0 Å². The van der Waals surface area contributed by atoms with Gasteiger partial charge in [0, 0.05) is 12.1 Å². The average molecular weight is 439 g/mol. The summed E-state index contributed by atoms with van der Waals surface area (Å²) < 4.78 is 53.4. The number of nitrogens with one attached hydrogen (secondary N) is 1. The van der Waals surface area contributed by atoms with Crippen LogP contribution in [0, 0.1) is 5.82 Å². The van der Waals surface area contributed by atoms with E-state index in [9.17, 15) is 22.4 Å². The summed E-state index contributed by atoms with van der Waals surface area (Å²) in [5.41, 5.74) is -0.444. The van der Waals surface area contributed by atoms with Gasteiger partial charge in [0.25, 0.3) is 0 Å². The van der Waals surface area contributed by atoms with Gasteiger partial charge < -0.3 is 11.2 Å². The molecular formula is C19H17F4N5OS. The minimum absolute atomic E-state index is 0.0248. The maximum Gasteiger partial charge on any atom is 0.416 e. The minimum Gasteiger partial charge on any atom is -0.336 e. The quantitative estimate of drug-likeness (QED) is 0.346. The lowest BCUT2D eigenvalue weighted by atomic mass is 10.1. The molecule has 11 heteroatoms. The summed E-state index contributed by atoms with van der Waals surface area (Å²) >= 11 is 0.979. The third-order valence-electron chi connectivity index (χ3n) is 4.15. The molecule has 3 N–H and O–H groups in total. The normalized spacial score (nSPS) is 12.6. The fourth-order valence-corrected chi connectivity index (χ4v) is 3.34. The molecule has 1 heterocycles. The number of hydrogen-bond acceptors (Lipinski definition) is 5. The van der Waals surface area contributed by atoms with Crippen LogP contribution in [0.3, 0.4) is 0 Å². The Balaban J connectivity index is 1.66. The van der Waals surface area contributed by atoms with E-state index in [0.717, 1.165) is 28.6 Å². The lowest BCUT2D eigenvalue weighted by molar-refractivity contribution is -0.137. The molecule has 1 aromatic heterocycles. The monoisotopic (exact) mass is 439 g/mol. The van der Waals surface area contributed by atoms with E-state index in [1.54, 1.807) is 25.1 Å². The maximum atomic E-state index is 13.8. The van der Waals surface area contributed by atoms with Crippen molar-refractivity contribution in [2.45, 2.75) is 29.9 Å². The number of benzene rings is 2. The molecular weight excluding hydrogens is 422 g/mol. The number of carbonyl (C=O) groups excluding carboxylic acids is 1. The molecule has 0 aliphatic rings. The van der Waals surface area contributed by atoms with Crippen LogP contribution in [-0.2, 0) is 17.4 Å². The van der Waals surface area contributed by atoms with Crippen LogP contribution in [0.5, 0.6) is 0 Å². The van der Waals surface area contributed by atoms with Crippen LogP contribution >= 0.6 is 11.8 Å². The lowest BCUT2D eigenvalue weighted by Crippen LogP contribution is -2.24. The Morgan fingerprint density at radius 2 is 1.93 bits per heavy atom. The molecule has 30 heavy (non-hydrogen) atoms. The number of aromatic nitrogens is 3. The SMILES string of the molecule is C[C@@H](Sc1nnc(Cc2ccccc2F)n1N)C(=O)Nc1cccc(C(F)(F)F)c1. The summed E-state index contributed by atoms with van der Waals surface area (Å²) in [4.78, 5) is 12.4. The number of nitrogens with zero attached hydrogens (tertiary/aromatic N) is 3. The van der Waals surface area contributed by atoms with Crippen molar-refractivity contribution in [2.24, 2.45) is 0 Å². The zero-order valence-electron chi connectivity index (χ0n) is 15.7. The van der Waals surface area contributed by atoms with Gasteiger partial charge in [-0.05, 0) is 36.8 Å². The van der Waals surface area contributed by atoms with Gasteiger partial charge in [0.05, 0.1) is 10.8 Å². The van der Waals surface area contributed by atoms with Gasteiger partial charge in [-0.2, -0.15) is 13.2 Å². The zero-order chi connectivity index (χ0) is 21.9. The van der Waals surface area contributed by atoms with E-state index < -0.39 is 28.7 Å². The Hall–Kier alpha value is -3.08. The zero-order valence-corrected chi connectivity index (χ0v) is 16.5. The van der Waals surface area contributed by atoms with Crippen molar-refractivity contribution in [1.29, 1.82) is 0 Å². The van der Waals surface area contributed by atoms with Gasteiger partial charge in [0.1, 0.15) is 5.82 Å². The number of rotatable bonds is 6. The van der Waals surface area contributed by atoms with Crippen LogP contribution in [-0.4, -0.2) is 26.0 Å². The summed E-state index contributed by atoms with van der Waals surface area (Å²) in [6, 6.07) is 10.5. The third-order valence-corrected chi connectivity index (χ3v) is 5.21. The lowest BCUT2D eigenvalue weighted by Gasteiger charge is -2.13. The second-order valence-electron chi connectivity index (χ2n) is 6.36. The Morgan fingerprint density at radius 1 is 1.20 bits per heavy atom. The van der Waals surface area contributed by atoms with E-state index in [1.165, 1.54) is 18.2 Å². The molecule has 0 bridgehead atoms. The predicted octanol–water partition coefficient (Wildman–Crippen LogP) is 3.86. The minimum atomic E-state index is -4.51. The first kappa shape index (κ1) is 21.6. The molecule has 3 rings (SSSR count). The molecule has 6 nitrogen and oxygen atoms in total. The van der Waals surface area contributed by atoms with Gasteiger partial charge >= 0.3 is 6.18 Å². The van der Waals surface area contributed by atoms with Gasteiger partial charge in [-0.3, -0.25) is 4.79 Å². The molecule has 0 unspecified atom stereocenters. The average Bonchev–Trinajstić information content (AvgIpc) is 3.02. The number of hydrogen-bond donors (Lipinski definition) is 2. The van der Waals surface area contributed by atoms with E-state index in [2.05, 4.69) is 15.5 Å². The molecule has 0 spiro atoms. The number of anilines is 1. The highest BCUT2D eigenvalue weighted by Gasteiger charge is 2.30. The number of thioether (sulfide) groups is 1. The molecule has 158 valence electrons. The van der Waals surface area contributed by atoms with Crippen molar-refractivity contribution in [3.05, 3.63) is 71.3 Å². The van der Waals surface area contributed by atoms with Crippen LogP contribution in [0.15, 0.2) is 53.7 Å². The van der Waals surface area contributed by atoms with Crippen molar-refractivity contribution in [1.82, 2.24) is 14.9 Å². The van der Waals surface area contributed by atoms with Crippen LogP contribution in [0.25, 0.3) is 0 Å². The van der Waals surface area contributed by atoms with Gasteiger partial charge in [0.15, 0.2) is 5.82 Å². The fraction of sp³-hybridized carbons (Fsp3) is 0.211. The number of nitrogens with two attached hydrogens (primary N) is 1. The highest BCUT2D eigenvalue weighted by Crippen LogP contribution is 2.31. The molecule has 0 aliphatic heterocycles. The van der Waals surface area contributed by atoms with E-state index in [-0.39, 0.29) is 17.3 Å². The second kappa shape index (κ2) is 8.74. The summed E-state index contributed by atoms with van der Waals surface area (Å²) in [5.74, 6) is 5.33. The first-order valence-corrected chi connectivity index (χ1v) is 9.60. The van der Waals surface area contributed by atoms with E-state index in [0.29, 0.717) is 11.4 Å². The van der Waals surface area contributed by atoms with E-state index in [1.807, 2.05) is 0 Å². The Morgan fingerprint density at radius 3 is 2.63 bits per heavy atom. The molecule has 0 aliphatic carbocycles. The molecule has 1 amide bonds. The molecule has 0 fully saturated rings. The summed E-state index contributed by atoms with van der Waals surface area (Å²) in [6.45, 7) is 1.55. The van der Waals surface area contributed by atoms with Crippen LogP contribution in [0.1, 0.15) is 23.9 Å². The number of alkyl halides is 3. The molecule has 0 radical (unpaired) electrons. The highest BCUT2D eigenvalue weighted by atomic mass is 32.2. The van der Waals surface area contributed by atoms with Crippen molar-refractivity contribution >= 4 is 23.4 Å². The molecule has 1 atom stereocenters. The van der Waals surface area contributed by atoms with Gasteiger partial charge in [0.2, 0.25) is 11.1 Å². The number of halogens is 4. The van der Waals surface area contributed by atoms with Crippen molar-refractivity contribution < 1.29 is 22.4 Å². The maximum absolute atomic E-state index is 13.8. The van der Waals surface area contributed by atoms with Crippen LogP contribution in [0.2, 0.25) is 0 Å². The van der Waals surface area contributed by atoms with Gasteiger partial charge in [-0.25, -0.2) is 9.07 Å². The molecule has 0 saturated heterocycles. The van der Waals surface area contributed by atoms with Gasteiger partial charge in [-0.15, -0.1) is 10.2 Å². The molecule has 0 saturated carbocycles. The van der Waals surface area contributed by atoms with Crippen LogP contribution < -0.4 is 11.2 Å². The van der Waals surface area contributed by atoms with E-state index in [4.69, 9.17) is 5.84 Å². The topological polar surface area (TPSA) is 85.8 Å². The summed E-state index contributed by atoms with van der Waals surface area (Å²) in [5, 5.41) is 9.77. The smallest absolute Gasteiger partial charge is 0.336 e. The fourth-order valence-electron chi connectivity index (χ4n) is 2.55. The standard InChI is InChI=1S/C19H17F4N5OS/c1-11(17(29)25-14-7-4-6-13(10-14)19(21,22)23)30-18-27-26-16(28(18)24)9-12-5-2-3-8-15(12)20/h2-8,10-11H,9,24H2,1H3,(H,25,29)/t11-/m1/s1. The number of nitrogen functional groups attached to an aromatic ring is 1. The van der Waals surface area contributed by atoms with Crippen molar-refractivity contribution in [2.75, 3.05) is 11.2 Å². The Labute approximate surface area is 173 Å². The molecule has 2 aromatic carbocycles. The highest BCUT2D eigenvalue weighted by molar-refractivity contribution is 8.00. The predicted molar refractivity (Wildman–Crippen MR) is 105 cm³/mol. The third kappa shape index (κ3) is 5.09. The Bertz CT molecular complexity index is 1050. The van der Waals surface area contributed by atoms with Crippen LogP contribution in [0.4, 0.5) is 23.2 Å².